The highest BCUT2D eigenvalue weighted by Gasteiger charge is 2.25. The molecule has 1 amide bonds. The van der Waals surface area contributed by atoms with Crippen LogP contribution in [0.4, 0.5) is 0 Å². The van der Waals surface area contributed by atoms with E-state index in [-0.39, 0.29) is 11.9 Å². The molecule has 2 fully saturated rings. The SMILES string of the molecule is N[C@H](CC(=O)N1CCC(OCC2CCCC2)CC1)c1ccccc1. The van der Waals surface area contributed by atoms with E-state index < -0.39 is 0 Å². The molecule has 0 unspecified atom stereocenters. The average molecular weight is 330 g/mol. The summed E-state index contributed by atoms with van der Waals surface area (Å²) >= 11 is 0. The van der Waals surface area contributed by atoms with E-state index in [2.05, 4.69) is 0 Å². The van der Waals surface area contributed by atoms with Gasteiger partial charge in [-0.25, -0.2) is 0 Å². The van der Waals surface area contributed by atoms with Crippen molar-refractivity contribution in [1.29, 1.82) is 0 Å². The summed E-state index contributed by atoms with van der Waals surface area (Å²) in [7, 11) is 0. The van der Waals surface area contributed by atoms with Crippen molar-refractivity contribution in [2.45, 2.75) is 57.1 Å². The highest BCUT2D eigenvalue weighted by atomic mass is 16.5. The van der Waals surface area contributed by atoms with Crippen molar-refractivity contribution in [2.75, 3.05) is 19.7 Å². The second-order valence-electron chi connectivity index (χ2n) is 7.29. The third kappa shape index (κ3) is 4.81. The topological polar surface area (TPSA) is 55.6 Å². The number of nitrogens with zero attached hydrogens (tertiary/aromatic N) is 1. The molecule has 1 saturated heterocycles. The standard InChI is InChI=1S/C20H30N2O2/c21-19(17-8-2-1-3-9-17)14-20(23)22-12-10-18(11-13-22)24-15-16-6-4-5-7-16/h1-3,8-9,16,18-19H,4-7,10-15,21H2/t19-/m1/s1. The number of amides is 1. The van der Waals surface area contributed by atoms with Gasteiger partial charge in [0.1, 0.15) is 0 Å². The van der Waals surface area contributed by atoms with Crippen LogP contribution < -0.4 is 5.73 Å². The van der Waals surface area contributed by atoms with Crippen LogP contribution in [0.2, 0.25) is 0 Å². The largest absolute Gasteiger partial charge is 0.378 e. The second-order valence-corrected chi connectivity index (χ2v) is 7.29. The molecule has 1 aromatic rings. The second kappa shape index (κ2) is 8.63. The lowest BCUT2D eigenvalue weighted by Crippen LogP contribution is -2.42. The maximum absolute atomic E-state index is 12.5. The molecular formula is C20H30N2O2. The lowest BCUT2D eigenvalue weighted by Gasteiger charge is -2.33. The van der Waals surface area contributed by atoms with Gasteiger partial charge >= 0.3 is 0 Å². The molecule has 1 heterocycles. The molecule has 4 nitrogen and oxygen atoms in total. The molecule has 1 aliphatic carbocycles. The number of carbonyl (C=O) groups excluding carboxylic acids is 1. The molecule has 132 valence electrons. The van der Waals surface area contributed by atoms with Crippen molar-refractivity contribution in [1.82, 2.24) is 4.90 Å². The molecule has 0 bridgehead atoms. The molecule has 1 aliphatic heterocycles. The number of ether oxygens (including phenoxy) is 1. The van der Waals surface area contributed by atoms with E-state index in [4.69, 9.17) is 10.5 Å². The molecule has 1 saturated carbocycles. The van der Waals surface area contributed by atoms with Crippen LogP contribution in [0.25, 0.3) is 0 Å². The predicted molar refractivity (Wildman–Crippen MR) is 95.5 cm³/mol. The summed E-state index contributed by atoms with van der Waals surface area (Å²) in [6, 6.07) is 9.66. The number of hydrogen-bond acceptors (Lipinski definition) is 3. The van der Waals surface area contributed by atoms with Gasteiger partial charge in [-0.3, -0.25) is 4.79 Å². The molecule has 2 N–H and O–H groups in total. The van der Waals surface area contributed by atoms with Crippen LogP contribution in [0.5, 0.6) is 0 Å². The quantitative estimate of drug-likeness (QED) is 0.871. The van der Waals surface area contributed by atoms with Gasteiger partial charge in [-0.05, 0) is 37.2 Å². The molecule has 0 aromatic heterocycles. The van der Waals surface area contributed by atoms with Crippen molar-refractivity contribution >= 4 is 5.91 Å². The fourth-order valence-corrected chi connectivity index (χ4v) is 3.86. The maximum atomic E-state index is 12.5. The lowest BCUT2D eigenvalue weighted by molar-refractivity contribution is -0.134. The Morgan fingerprint density at radius 2 is 1.79 bits per heavy atom. The Hall–Kier alpha value is -1.39. The van der Waals surface area contributed by atoms with E-state index in [1.165, 1.54) is 25.7 Å². The zero-order valence-corrected chi connectivity index (χ0v) is 14.5. The van der Waals surface area contributed by atoms with Crippen molar-refractivity contribution in [2.24, 2.45) is 11.7 Å². The number of piperidine rings is 1. The normalized spacial score (nSPS) is 21.1. The van der Waals surface area contributed by atoms with Crippen molar-refractivity contribution in [3.63, 3.8) is 0 Å². The van der Waals surface area contributed by atoms with Crippen LogP contribution in [0, 0.1) is 5.92 Å². The number of hydrogen-bond donors (Lipinski definition) is 1. The van der Waals surface area contributed by atoms with E-state index in [0.29, 0.717) is 12.5 Å². The Morgan fingerprint density at radius 3 is 2.46 bits per heavy atom. The summed E-state index contributed by atoms with van der Waals surface area (Å²) < 4.78 is 6.08. The van der Waals surface area contributed by atoms with Crippen molar-refractivity contribution in [3.8, 4) is 0 Å². The molecule has 0 radical (unpaired) electrons. The molecule has 1 aromatic carbocycles. The van der Waals surface area contributed by atoms with Gasteiger partial charge in [-0.15, -0.1) is 0 Å². The minimum absolute atomic E-state index is 0.167. The van der Waals surface area contributed by atoms with Gasteiger partial charge in [0.2, 0.25) is 5.91 Å². The zero-order chi connectivity index (χ0) is 16.8. The minimum atomic E-state index is -0.213. The molecule has 4 heteroatoms. The average Bonchev–Trinajstić information content (AvgIpc) is 3.14. The first-order chi connectivity index (χ1) is 11.7. The number of likely N-dealkylation sites (tertiary alicyclic amines) is 1. The monoisotopic (exact) mass is 330 g/mol. The van der Waals surface area contributed by atoms with Crippen LogP contribution in [0.1, 0.15) is 56.6 Å². The van der Waals surface area contributed by atoms with Gasteiger partial charge in [0.15, 0.2) is 0 Å². The Labute approximate surface area is 145 Å². The van der Waals surface area contributed by atoms with E-state index in [9.17, 15) is 4.79 Å². The van der Waals surface area contributed by atoms with Crippen LogP contribution >= 0.6 is 0 Å². The highest BCUT2D eigenvalue weighted by molar-refractivity contribution is 5.77. The smallest absolute Gasteiger partial charge is 0.224 e. The molecule has 0 spiro atoms. The summed E-state index contributed by atoms with van der Waals surface area (Å²) in [6.45, 7) is 2.52. The Morgan fingerprint density at radius 1 is 1.12 bits per heavy atom. The number of rotatable bonds is 6. The summed E-state index contributed by atoms with van der Waals surface area (Å²) in [5.41, 5.74) is 7.20. The van der Waals surface area contributed by atoms with Gasteiger partial charge in [0, 0.05) is 32.2 Å². The predicted octanol–water partition coefficient (Wildman–Crippen LogP) is 3.27. The fourth-order valence-electron chi connectivity index (χ4n) is 3.86. The Bertz CT molecular complexity index is 506. The Balaban J connectivity index is 1.38. The molecular weight excluding hydrogens is 300 g/mol. The summed E-state index contributed by atoms with van der Waals surface area (Å²) in [5, 5.41) is 0. The first-order valence-corrected chi connectivity index (χ1v) is 9.42. The zero-order valence-electron chi connectivity index (χ0n) is 14.5. The van der Waals surface area contributed by atoms with E-state index in [1.807, 2.05) is 35.2 Å². The number of carbonyl (C=O) groups is 1. The van der Waals surface area contributed by atoms with E-state index >= 15 is 0 Å². The van der Waals surface area contributed by atoms with Gasteiger partial charge in [-0.1, -0.05) is 43.2 Å². The maximum Gasteiger partial charge on any atom is 0.224 e. The minimum Gasteiger partial charge on any atom is -0.378 e. The summed E-state index contributed by atoms with van der Waals surface area (Å²) in [4.78, 5) is 14.4. The lowest BCUT2D eigenvalue weighted by atomic mass is 10.0. The van der Waals surface area contributed by atoms with E-state index in [1.54, 1.807) is 0 Å². The van der Waals surface area contributed by atoms with Crippen LogP contribution in [-0.2, 0) is 9.53 Å². The van der Waals surface area contributed by atoms with Crippen LogP contribution in [0.3, 0.4) is 0 Å². The molecule has 2 aliphatic rings. The summed E-state index contributed by atoms with van der Waals surface area (Å²) in [5.74, 6) is 0.939. The summed E-state index contributed by atoms with van der Waals surface area (Å²) in [6.07, 6.45) is 8.02. The van der Waals surface area contributed by atoms with Gasteiger partial charge in [0.25, 0.3) is 0 Å². The van der Waals surface area contributed by atoms with Gasteiger partial charge in [-0.2, -0.15) is 0 Å². The van der Waals surface area contributed by atoms with Crippen molar-refractivity contribution in [3.05, 3.63) is 35.9 Å². The third-order valence-electron chi connectivity index (χ3n) is 5.46. The van der Waals surface area contributed by atoms with Crippen molar-refractivity contribution < 1.29 is 9.53 Å². The highest BCUT2D eigenvalue weighted by Crippen LogP contribution is 2.26. The molecule has 1 atom stereocenters. The first-order valence-electron chi connectivity index (χ1n) is 9.42. The fraction of sp³-hybridized carbons (Fsp3) is 0.650. The van der Waals surface area contributed by atoms with Crippen LogP contribution in [0.15, 0.2) is 30.3 Å². The number of nitrogens with two attached hydrogens (primary N) is 1. The first kappa shape index (κ1) is 17.4. The third-order valence-corrected chi connectivity index (χ3v) is 5.46. The molecule has 3 rings (SSSR count). The van der Waals surface area contributed by atoms with Gasteiger partial charge < -0.3 is 15.4 Å². The van der Waals surface area contributed by atoms with Gasteiger partial charge in [0.05, 0.1) is 6.10 Å². The molecule has 24 heavy (non-hydrogen) atoms. The van der Waals surface area contributed by atoms with E-state index in [0.717, 1.165) is 44.0 Å². The number of benzene rings is 1. The van der Waals surface area contributed by atoms with Crippen LogP contribution in [-0.4, -0.2) is 36.6 Å². The Kier molecular flexibility index (Phi) is 6.27.